The first-order valence-electron chi connectivity index (χ1n) is 9.64. The second-order valence-corrected chi connectivity index (χ2v) is 7.63. The summed E-state index contributed by atoms with van der Waals surface area (Å²) in [4.78, 5) is 25.5. The lowest BCUT2D eigenvalue weighted by atomic mass is 10.1. The third-order valence-electron chi connectivity index (χ3n) is 4.28. The van der Waals surface area contributed by atoms with Crippen molar-refractivity contribution in [3.05, 3.63) is 63.5 Å². The summed E-state index contributed by atoms with van der Waals surface area (Å²) in [7, 11) is 0. The zero-order valence-electron chi connectivity index (χ0n) is 16.7. The maximum Gasteiger partial charge on any atom is 0.276 e. The van der Waals surface area contributed by atoms with E-state index in [4.69, 9.17) is 16.3 Å². The number of carbonyl (C=O) groups is 1. The van der Waals surface area contributed by atoms with Crippen LogP contribution in [0.25, 0.3) is 10.8 Å². The van der Waals surface area contributed by atoms with E-state index in [1.165, 1.54) is 4.68 Å². The molecule has 6 nitrogen and oxygen atoms in total. The number of hydrogen-bond acceptors (Lipinski definition) is 4. The predicted octanol–water partition coefficient (Wildman–Crippen LogP) is 4.75. The molecule has 1 aromatic heterocycles. The Kier molecular flexibility index (Phi) is 6.54. The van der Waals surface area contributed by atoms with Gasteiger partial charge in [0.1, 0.15) is 5.75 Å². The fourth-order valence-electron chi connectivity index (χ4n) is 2.91. The summed E-state index contributed by atoms with van der Waals surface area (Å²) < 4.78 is 7.00. The molecule has 0 aliphatic carbocycles. The Balaban J connectivity index is 1.91. The number of aromatic nitrogens is 2. The summed E-state index contributed by atoms with van der Waals surface area (Å²) >= 11 is 6.29. The maximum atomic E-state index is 12.9. The molecule has 1 N–H and O–H groups in total. The number of anilines is 1. The number of rotatable bonds is 7. The van der Waals surface area contributed by atoms with Crippen LogP contribution in [0.5, 0.6) is 5.75 Å². The Morgan fingerprint density at radius 2 is 1.93 bits per heavy atom. The first-order chi connectivity index (χ1) is 13.9. The first kappa shape index (κ1) is 20.9. The topological polar surface area (TPSA) is 73.2 Å². The zero-order chi connectivity index (χ0) is 21.0. The highest BCUT2D eigenvalue weighted by molar-refractivity contribution is 6.32. The Morgan fingerprint density at radius 3 is 2.59 bits per heavy atom. The minimum absolute atomic E-state index is 0.199. The number of aryl methyl sites for hydroxylation is 1. The molecule has 0 saturated carbocycles. The molecule has 0 spiro atoms. The summed E-state index contributed by atoms with van der Waals surface area (Å²) in [6.07, 6.45) is 0.736. The summed E-state index contributed by atoms with van der Waals surface area (Å²) in [6.45, 7) is 7.06. The van der Waals surface area contributed by atoms with Gasteiger partial charge in [-0.15, -0.1) is 0 Å². The van der Waals surface area contributed by atoms with E-state index in [-0.39, 0.29) is 11.3 Å². The largest absolute Gasteiger partial charge is 0.492 e. The van der Waals surface area contributed by atoms with Crippen LogP contribution in [0.3, 0.4) is 0 Å². The lowest BCUT2D eigenvalue weighted by Gasteiger charge is -2.13. The van der Waals surface area contributed by atoms with E-state index in [2.05, 4.69) is 24.3 Å². The smallest absolute Gasteiger partial charge is 0.276 e. The van der Waals surface area contributed by atoms with Gasteiger partial charge in [0.25, 0.3) is 11.5 Å². The molecule has 1 amide bonds. The number of nitrogens with one attached hydrogen (secondary N) is 1. The van der Waals surface area contributed by atoms with Gasteiger partial charge in [-0.1, -0.05) is 50.6 Å². The molecule has 0 aliphatic rings. The van der Waals surface area contributed by atoms with Crippen LogP contribution in [-0.4, -0.2) is 22.3 Å². The Labute approximate surface area is 174 Å². The maximum absolute atomic E-state index is 12.9. The number of carbonyl (C=O) groups excluding carboxylic acids is 1. The monoisotopic (exact) mass is 413 g/mol. The minimum atomic E-state index is -0.405. The molecule has 3 rings (SSSR count). The molecule has 0 radical (unpaired) electrons. The Bertz CT molecular complexity index is 1090. The Hall–Kier alpha value is -2.86. The van der Waals surface area contributed by atoms with Crippen molar-refractivity contribution in [2.75, 3.05) is 11.9 Å². The molecule has 0 saturated heterocycles. The second kappa shape index (κ2) is 9.09. The van der Waals surface area contributed by atoms with Gasteiger partial charge in [0.05, 0.1) is 17.0 Å². The summed E-state index contributed by atoms with van der Waals surface area (Å²) in [5.74, 6) is 0.542. The number of halogens is 1. The lowest BCUT2D eigenvalue weighted by molar-refractivity contribution is 0.102. The van der Waals surface area contributed by atoms with Crippen molar-refractivity contribution < 1.29 is 9.53 Å². The van der Waals surface area contributed by atoms with Crippen molar-refractivity contribution in [1.82, 2.24) is 9.78 Å². The van der Waals surface area contributed by atoms with E-state index in [1.807, 2.05) is 6.92 Å². The molecular weight excluding hydrogens is 390 g/mol. The molecule has 0 bridgehead atoms. The van der Waals surface area contributed by atoms with Gasteiger partial charge < -0.3 is 10.1 Å². The molecule has 0 fully saturated rings. The third kappa shape index (κ3) is 4.77. The van der Waals surface area contributed by atoms with Gasteiger partial charge in [-0.2, -0.15) is 5.10 Å². The number of benzene rings is 2. The predicted molar refractivity (Wildman–Crippen MR) is 116 cm³/mol. The molecular formula is C22H24ClN3O3. The van der Waals surface area contributed by atoms with Crippen molar-refractivity contribution in [2.24, 2.45) is 5.92 Å². The van der Waals surface area contributed by atoms with Crippen LogP contribution in [0.2, 0.25) is 5.02 Å². The van der Waals surface area contributed by atoms with E-state index in [0.29, 0.717) is 46.3 Å². The Morgan fingerprint density at radius 1 is 1.21 bits per heavy atom. The molecule has 0 atom stereocenters. The van der Waals surface area contributed by atoms with Crippen LogP contribution in [0.4, 0.5) is 5.69 Å². The van der Waals surface area contributed by atoms with Gasteiger partial charge in [-0.25, -0.2) is 4.68 Å². The molecule has 1 heterocycles. The summed E-state index contributed by atoms with van der Waals surface area (Å²) in [5, 5.41) is 8.53. The SMILES string of the molecule is CCCn1nc(C(=O)Nc2ccc(OCC(C)C)c(Cl)c2)c2ccccc2c1=O. The van der Waals surface area contributed by atoms with Crippen molar-refractivity contribution in [3.63, 3.8) is 0 Å². The quantitative estimate of drug-likeness (QED) is 0.606. The van der Waals surface area contributed by atoms with Crippen LogP contribution in [-0.2, 0) is 6.54 Å². The van der Waals surface area contributed by atoms with Gasteiger partial charge in [0, 0.05) is 17.6 Å². The molecule has 0 aliphatic heterocycles. The number of amides is 1. The lowest BCUT2D eigenvalue weighted by Crippen LogP contribution is -2.27. The van der Waals surface area contributed by atoms with E-state index < -0.39 is 5.91 Å². The van der Waals surface area contributed by atoms with Crippen LogP contribution in [0.1, 0.15) is 37.7 Å². The van der Waals surface area contributed by atoms with Gasteiger partial charge in [0.2, 0.25) is 0 Å². The van der Waals surface area contributed by atoms with Crippen LogP contribution in [0.15, 0.2) is 47.3 Å². The van der Waals surface area contributed by atoms with Crippen LogP contribution in [0, 0.1) is 5.92 Å². The average Bonchev–Trinajstić information content (AvgIpc) is 2.69. The van der Waals surface area contributed by atoms with Crippen molar-refractivity contribution in [2.45, 2.75) is 33.7 Å². The van der Waals surface area contributed by atoms with E-state index in [9.17, 15) is 9.59 Å². The standard InChI is InChI=1S/C22H24ClN3O3/c1-4-11-26-22(28)17-8-6-5-7-16(17)20(25-26)21(27)24-15-9-10-19(18(23)12-15)29-13-14(2)3/h5-10,12,14H,4,11,13H2,1-3H3,(H,24,27). The molecule has 2 aromatic carbocycles. The fourth-order valence-corrected chi connectivity index (χ4v) is 3.14. The highest BCUT2D eigenvalue weighted by Crippen LogP contribution is 2.28. The highest BCUT2D eigenvalue weighted by Gasteiger charge is 2.17. The molecule has 0 unspecified atom stereocenters. The third-order valence-corrected chi connectivity index (χ3v) is 4.58. The second-order valence-electron chi connectivity index (χ2n) is 7.23. The molecule has 29 heavy (non-hydrogen) atoms. The number of fused-ring (bicyclic) bond motifs is 1. The van der Waals surface area contributed by atoms with E-state index >= 15 is 0 Å². The fraction of sp³-hybridized carbons (Fsp3) is 0.318. The molecule has 7 heteroatoms. The van der Waals surface area contributed by atoms with Crippen molar-refractivity contribution in [1.29, 1.82) is 0 Å². The first-order valence-corrected chi connectivity index (χ1v) is 10.0. The average molecular weight is 414 g/mol. The van der Waals surface area contributed by atoms with Gasteiger partial charge in [-0.3, -0.25) is 9.59 Å². The molecule has 152 valence electrons. The van der Waals surface area contributed by atoms with Gasteiger partial charge in [-0.05, 0) is 36.6 Å². The molecule has 3 aromatic rings. The van der Waals surface area contributed by atoms with Gasteiger partial charge in [0.15, 0.2) is 5.69 Å². The van der Waals surface area contributed by atoms with Crippen LogP contribution < -0.4 is 15.6 Å². The van der Waals surface area contributed by atoms with Gasteiger partial charge >= 0.3 is 0 Å². The number of ether oxygens (including phenoxy) is 1. The highest BCUT2D eigenvalue weighted by atomic mass is 35.5. The minimum Gasteiger partial charge on any atom is -0.492 e. The van der Waals surface area contributed by atoms with Crippen LogP contribution >= 0.6 is 11.6 Å². The summed E-state index contributed by atoms with van der Waals surface area (Å²) in [5.41, 5.74) is 0.523. The summed E-state index contributed by atoms with van der Waals surface area (Å²) in [6, 6.07) is 12.1. The van der Waals surface area contributed by atoms with Crippen molar-refractivity contribution in [3.8, 4) is 5.75 Å². The normalized spacial score (nSPS) is 11.1. The number of hydrogen-bond donors (Lipinski definition) is 1. The van der Waals surface area contributed by atoms with Crippen molar-refractivity contribution >= 4 is 34.0 Å². The van der Waals surface area contributed by atoms with E-state index in [1.54, 1.807) is 42.5 Å². The van der Waals surface area contributed by atoms with E-state index in [0.717, 1.165) is 6.42 Å². The number of nitrogens with zero attached hydrogens (tertiary/aromatic N) is 2. The zero-order valence-corrected chi connectivity index (χ0v) is 17.5.